The number of carbonyl (C=O) groups is 3. The monoisotopic (exact) mass is 621 g/mol. The minimum absolute atomic E-state index is 0.000586. The normalized spacial score (nSPS) is 22.4. The number of hydrogen-bond acceptors (Lipinski definition) is 7. The smallest absolute Gasteiger partial charge is 0.332 e. The van der Waals surface area contributed by atoms with Crippen LogP contribution in [0.25, 0.3) is 0 Å². The van der Waals surface area contributed by atoms with Gasteiger partial charge in [0, 0.05) is 19.0 Å². The second-order valence-electron chi connectivity index (χ2n) is 12.0. The molecule has 2 fully saturated rings. The molecule has 3 aliphatic heterocycles. The van der Waals surface area contributed by atoms with Crippen molar-refractivity contribution in [2.24, 2.45) is 10.2 Å². The first-order valence-electron chi connectivity index (χ1n) is 15.7. The van der Waals surface area contributed by atoms with Crippen LogP contribution < -0.4 is 5.32 Å². The Kier molecular flexibility index (Phi) is 8.85. The summed E-state index contributed by atoms with van der Waals surface area (Å²) in [6.45, 7) is 8.97. The number of azo groups is 1. The molecule has 6 rings (SSSR count). The Morgan fingerprint density at radius 2 is 1.89 bits per heavy atom. The van der Waals surface area contributed by atoms with Crippen molar-refractivity contribution in [2.45, 2.75) is 57.5 Å². The summed E-state index contributed by atoms with van der Waals surface area (Å²) in [5.41, 5.74) is 4.32. The van der Waals surface area contributed by atoms with E-state index in [9.17, 15) is 19.5 Å². The first kappa shape index (κ1) is 31.0. The summed E-state index contributed by atoms with van der Waals surface area (Å²) in [4.78, 5) is 44.9. The van der Waals surface area contributed by atoms with Crippen LogP contribution in [0.1, 0.15) is 54.5 Å². The fourth-order valence-corrected chi connectivity index (χ4v) is 6.65. The van der Waals surface area contributed by atoms with Crippen molar-refractivity contribution in [3.8, 4) is 5.75 Å². The number of aromatic hydroxyl groups is 1. The third-order valence-corrected chi connectivity index (χ3v) is 9.04. The number of benzene rings is 3. The molecule has 238 valence electrons. The van der Waals surface area contributed by atoms with E-state index in [-0.39, 0.29) is 55.2 Å². The van der Waals surface area contributed by atoms with Crippen molar-refractivity contribution in [1.82, 2.24) is 25.1 Å². The number of rotatable bonds is 9. The van der Waals surface area contributed by atoms with E-state index in [1.807, 2.05) is 42.5 Å². The minimum atomic E-state index is -0.976. The molecule has 4 amide bonds. The Morgan fingerprint density at radius 1 is 1.09 bits per heavy atom. The molecular formula is C35H39N7O4. The highest BCUT2D eigenvalue weighted by atomic mass is 16.3. The zero-order valence-corrected chi connectivity index (χ0v) is 26.1. The van der Waals surface area contributed by atoms with Gasteiger partial charge in [-0.1, -0.05) is 74.5 Å². The number of hydrazine groups is 1. The molecule has 2 unspecified atom stereocenters. The maximum absolute atomic E-state index is 14.3. The van der Waals surface area contributed by atoms with Gasteiger partial charge < -0.3 is 20.2 Å². The summed E-state index contributed by atoms with van der Waals surface area (Å²) in [5.74, 6) is -0.346. The van der Waals surface area contributed by atoms with Crippen molar-refractivity contribution < 1.29 is 19.5 Å². The van der Waals surface area contributed by atoms with Gasteiger partial charge in [-0.25, -0.2) is 4.79 Å². The molecule has 2 N–H and O–H groups in total. The first-order valence-corrected chi connectivity index (χ1v) is 15.7. The Morgan fingerprint density at radius 3 is 2.63 bits per heavy atom. The average Bonchev–Trinajstić information content (AvgIpc) is 3.38. The highest BCUT2D eigenvalue weighted by Crippen LogP contribution is 2.39. The number of nitrogens with one attached hydrogen (secondary N) is 1. The van der Waals surface area contributed by atoms with Crippen LogP contribution in [0.15, 0.2) is 95.7 Å². The van der Waals surface area contributed by atoms with Crippen molar-refractivity contribution in [3.05, 3.63) is 108 Å². The highest BCUT2D eigenvalue weighted by molar-refractivity contribution is 5.92. The second-order valence-corrected chi connectivity index (χ2v) is 12.0. The Bertz CT molecular complexity index is 1660. The number of carbonyl (C=O) groups excluding carboxylic acids is 3. The average molecular weight is 622 g/mol. The fourth-order valence-electron chi connectivity index (χ4n) is 6.65. The van der Waals surface area contributed by atoms with Gasteiger partial charge in [0.25, 0.3) is 5.91 Å². The Labute approximate surface area is 268 Å². The number of phenolic OH excluding ortho intramolecular Hbond substituents is 1. The number of phenols is 1. The van der Waals surface area contributed by atoms with E-state index in [0.29, 0.717) is 18.7 Å². The molecular weight excluding hydrogens is 582 g/mol. The lowest BCUT2D eigenvalue weighted by Crippen LogP contribution is -2.62. The molecule has 3 aromatic rings. The van der Waals surface area contributed by atoms with Gasteiger partial charge in [0.2, 0.25) is 5.91 Å². The van der Waals surface area contributed by atoms with Crippen LogP contribution >= 0.6 is 0 Å². The van der Waals surface area contributed by atoms with Crippen LogP contribution in [0.5, 0.6) is 5.75 Å². The number of fused-ring (bicyclic) bond motifs is 2. The van der Waals surface area contributed by atoms with E-state index < -0.39 is 12.2 Å². The van der Waals surface area contributed by atoms with Gasteiger partial charge in [-0.05, 0) is 46.9 Å². The molecule has 0 radical (unpaired) electrons. The van der Waals surface area contributed by atoms with Crippen molar-refractivity contribution in [2.75, 3.05) is 19.6 Å². The molecule has 4 atom stereocenters. The van der Waals surface area contributed by atoms with Crippen molar-refractivity contribution >= 4 is 23.5 Å². The predicted octanol–water partition coefficient (Wildman–Crippen LogP) is 5.24. The van der Waals surface area contributed by atoms with E-state index in [1.165, 1.54) is 17.1 Å². The summed E-state index contributed by atoms with van der Waals surface area (Å²) in [6.07, 6.45) is 1.87. The SMILES string of the molecule is C=CCN(C(=O)NCc1ccccc1)N1CC(=O)N2[C@@H](c3cccc(O)c3)C(=O)N(Cc3ccc4c(c3)C(C)C(CC)N=N4)C[C@@H]21. The van der Waals surface area contributed by atoms with Crippen molar-refractivity contribution in [3.63, 3.8) is 0 Å². The summed E-state index contributed by atoms with van der Waals surface area (Å²) >= 11 is 0. The van der Waals surface area contributed by atoms with E-state index in [0.717, 1.165) is 28.8 Å². The van der Waals surface area contributed by atoms with Gasteiger partial charge in [0.1, 0.15) is 18.0 Å². The number of nitrogens with zero attached hydrogens (tertiary/aromatic N) is 6. The van der Waals surface area contributed by atoms with Crippen LogP contribution in [-0.2, 0) is 22.7 Å². The second kappa shape index (κ2) is 13.1. The van der Waals surface area contributed by atoms with Crippen LogP contribution in [0, 0.1) is 0 Å². The van der Waals surface area contributed by atoms with E-state index in [4.69, 9.17) is 0 Å². The Hall–Kier alpha value is -5.03. The van der Waals surface area contributed by atoms with Crippen LogP contribution in [0.4, 0.5) is 10.5 Å². The van der Waals surface area contributed by atoms with Crippen molar-refractivity contribution in [1.29, 1.82) is 0 Å². The standard InChI is InChI=1S/C35H39N7O4/c1-4-16-40(35(46)36-19-24-10-7-6-8-11-24)41-22-32(44)42-31(41)21-39(34(45)33(42)26-12-9-13-27(43)18-26)20-25-14-15-30-28(17-25)23(3)29(5-2)37-38-30/h4,6-15,17-18,23,29,31,33,43H,1,5,16,19-22H2,2-3H3,(H,36,46)/t23?,29?,31-,33+/m1/s1. The largest absolute Gasteiger partial charge is 0.508 e. The van der Waals surface area contributed by atoms with Crippen LogP contribution in [0.2, 0.25) is 0 Å². The zero-order valence-electron chi connectivity index (χ0n) is 26.1. The molecule has 0 bridgehead atoms. The lowest BCUT2D eigenvalue weighted by Gasteiger charge is -2.46. The maximum Gasteiger partial charge on any atom is 0.332 e. The molecule has 11 nitrogen and oxygen atoms in total. The fraction of sp³-hybridized carbons (Fsp3) is 0.343. The summed E-state index contributed by atoms with van der Waals surface area (Å²) < 4.78 is 0. The summed E-state index contributed by atoms with van der Waals surface area (Å²) in [5, 5.41) is 25.4. The molecule has 2 saturated heterocycles. The van der Waals surface area contributed by atoms with Crippen LogP contribution in [0.3, 0.4) is 0 Å². The third-order valence-electron chi connectivity index (χ3n) is 9.04. The van der Waals surface area contributed by atoms with Gasteiger partial charge >= 0.3 is 6.03 Å². The molecule has 3 aromatic carbocycles. The molecule has 0 spiro atoms. The molecule has 3 heterocycles. The highest BCUT2D eigenvalue weighted by Gasteiger charge is 2.52. The lowest BCUT2D eigenvalue weighted by atomic mass is 9.88. The summed E-state index contributed by atoms with van der Waals surface area (Å²) in [7, 11) is 0. The van der Waals surface area contributed by atoms with E-state index in [1.54, 1.807) is 33.0 Å². The van der Waals surface area contributed by atoms with E-state index in [2.05, 4.69) is 42.0 Å². The van der Waals surface area contributed by atoms with E-state index >= 15 is 0 Å². The van der Waals surface area contributed by atoms with Gasteiger partial charge in [-0.3, -0.25) is 14.6 Å². The topological polar surface area (TPSA) is 121 Å². The number of urea groups is 1. The maximum atomic E-state index is 14.3. The van der Waals surface area contributed by atoms with Gasteiger partial charge in [0.15, 0.2) is 0 Å². The Balaban J connectivity index is 1.32. The summed E-state index contributed by atoms with van der Waals surface area (Å²) in [6, 6.07) is 20.8. The molecule has 3 aliphatic rings. The molecule has 0 aromatic heterocycles. The molecule has 0 aliphatic carbocycles. The van der Waals surface area contributed by atoms with Gasteiger partial charge in [0.05, 0.1) is 31.4 Å². The molecule has 46 heavy (non-hydrogen) atoms. The van der Waals surface area contributed by atoms with Crippen LogP contribution in [-0.4, -0.2) is 74.6 Å². The lowest BCUT2D eigenvalue weighted by molar-refractivity contribution is -0.158. The quantitative estimate of drug-likeness (QED) is 0.317. The number of hydrogen-bond donors (Lipinski definition) is 2. The zero-order chi connectivity index (χ0) is 32.4. The number of amides is 4. The predicted molar refractivity (Wildman–Crippen MR) is 173 cm³/mol. The first-order chi connectivity index (χ1) is 22.3. The molecule has 11 heteroatoms. The minimum Gasteiger partial charge on any atom is -0.508 e. The van der Waals surface area contributed by atoms with Gasteiger partial charge in [-0.2, -0.15) is 15.2 Å². The third kappa shape index (κ3) is 5.97. The number of piperazine rings is 1. The van der Waals surface area contributed by atoms with Gasteiger partial charge in [-0.15, -0.1) is 6.58 Å². The molecule has 0 saturated carbocycles.